The van der Waals surface area contributed by atoms with E-state index in [0.29, 0.717) is 22.4 Å². The number of carbonyl (C=O) groups excluding carboxylic acids is 2. The second-order valence-corrected chi connectivity index (χ2v) is 16.9. The van der Waals surface area contributed by atoms with Crippen LogP contribution in [0.25, 0.3) is 22.3 Å². The van der Waals surface area contributed by atoms with Gasteiger partial charge in [-0.05, 0) is 104 Å². The Morgan fingerprint density at radius 3 is 2.31 bits per heavy atom. The summed E-state index contributed by atoms with van der Waals surface area (Å²) < 4.78 is 76.1. The van der Waals surface area contributed by atoms with Crippen molar-refractivity contribution in [3.63, 3.8) is 0 Å². The molecular weight excluding hydrogens is 743 g/mol. The molecule has 55 heavy (non-hydrogen) atoms. The second-order valence-electron chi connectivity index (χ2n) is 16.5. The molecule has 1 saturated heterocycles. The van der Waals surface area contributed by atoms with Gasteiger partial charge in [-0.15, -0.1) is 0 Å². The number of fused-ring (bicyclic) bond motifs is 2. The van der Waals surface area contributed by atoms with Crippen molar-refractivity contribution in [3.8, 4) is 11.3 Å². The van der Waals surface area contributed by atoms with Crippen molar-refractivity contribution in [2.75, 3.05) is 23.3 Å². The Morgan fingerprint density at radius 2 is 1.67 bits per heavy atom. The standard InChI is InChI=1S/C39H42ClF5N8O2/c1-19(2)52-18-46-25-15-23(47-33(30(25)52)48-24-13-22(27(40)29(42)28(24)41)34(54)50-39(9-10-39)35(44)45)21-14-26-31(49-32(21)43)37(3,4)36(55)53(26)20-16-38(5,17-20)51-11-7-6-8-12-51/h13-15,18-20,35H,6-12,16-17H2,1-5H3,(H,47,48)(H,50,54)/t20-,38+. The molecule has 3 fully saturated rings. The molecule has 2 aliphatic heterocycles. The number of nitrogens with zero attached hydrogens (tertiary/aromatic N) is 6. The van der Waals surface area contributed by atoms with E-state index in [0.717, 1.165) is 44.8 Å². The third kappa shape index (κ3) is 6.03. The van der Waals surface area contributed by atoms with Crippen molar-refractivity contribution in [1.29, 1.82) is 0 Å². The molecule has 5 heterocycles. The molecule has 8 rings (SSSR count). The third-order valence-electron chi connectivity index (χ3n) is 12.0. The molecule has 4 aromatic rings. The number of benzene rings is 1. The van der Waals surface area contributed by atoms with Crippen LogP contribution < -0.4 is 15.5 Å². The number of carbonyl (C=O) groups is 2. The van der Waals surface area contributed by atoms with Gasteiger partial charge in [-0.3, -0.25) is 14.5 Å². The number of hydrogen-bond acceptors (Lipinski definition) is 7. The van der Waals surface area contributed by atoms with Crippen molar-refractivity contribution in [2.45, 2.75) is 115 Å². The normalized spacial score (nSPS) is 23.0. The SMILES string of the molecule is CC(C)n1cnc2cc(-c3cc4c(nc3F)C(C)(C)C(=O)N4[C@H]3C[C@@](C)(N4CCCCC4)C3)nc(Nc3cc(C(=O)NC4(C(F)F)CC4)c(Cl)c(F)c3F)c21. The first-order valence-corrected chi connectivity index (χ1v) is 19.1. The molecular formula is C39H42ClF5N8O2. The molecule has 4 aliphatic rings. The van der Waals surface area contributed by atoms with Crippen molar-refractivity contribution in [1.82, 2.24) is 29.7 Å². The largest absolute Gasteiger partial charge is 0.341 e. The number of rotatable bonds is 9. The Labute approximate surface area is 319 Å². The summed E-state index contributed by atoms with van der Waals surface area (Å²) in [5.41, 5.74) is -2.53. The molecule has 2 aliphatic carbocycles. The number of pyridine rings is 2. The summed E-state index contributed by atoms with van der Waals surface area (Å²) in [7, 11) is 0. The van der Waals surface area contributed by atoms with Crippen molar-refractivity contribution in [2.24, 2.45) is 0 Å². The summed E-state index contributed by atoms with van der Waals surface area (Å²) in [5, 5.41) is 4.11. The Balaban J connectivity index is 1.19. The molecule has 0 radical (unpaired) electrons. The average molecular weight is 785 g/mol. The maximum absolute atomic E-state index is 16.2. The lowest BCUT2D eigenvalue weighted by Crippen LogP contribution is -2.64. The number of aromatic nitrogens is 4. The molecule has 1 aromatic carbocycles. The zero-order chi connectivity index (χ0) is 39.4. The van der Waals surface area contributed by atoms with Crippen LogP contribution in [0.5, 0.6) is 0 Å². The molecule has 10 nitrogen and oxygen atoms in total. The summed E-state index contributed by atoms with van der Waals surface area (Å²) in [4.78, 5) is 44.9. The highest BCUT2D eigenvalue weighted by Gasteiger charge is 2.55. The van der Waals surface area contributed by atoms with Crippen LogP contribution in [0, 0.1) is 17.6 Å². The lowest BCUT2D eigenvalue weighted by atomic mass is 9.71. The van der Waals surface area contributed by atoms with Gasteiger partial charge in [0.15, 0.2) is 17.5 Å². The van der Waals surface area contributed by atoms with E-state index in [9.17, 15) is 18.4 Å². The van der Waals surface area contributed by atoms with E-state index >= 15 is 13.2 Å². The maximum atomic E-state index is 16.2. The predicted octanol–water partition coefficient (Wildman–Crippen LogP) is 8.45. The van der Waals surface area contributed by atoms with Gasteiger partial charge in [0, 0.05) is 17.6 Å². The highest BCUT2D eigenvalue weighted by atomic mass is 35.5. The number of amides is 2. The topological polar surface area (TPSA) is 108 Å². The molecule has 0 atom stereocenters. The quantitative estimate of drug-likeness (QED) is 0.0997. The summed E-state index contributed by atoms with van der Waals surface area (Å²) in [6, 6.07) is 3.74. The molecule has 2 saturated carbocycles. The van der Waals surface area contributed by atoms with Crippen LogP contribution in [0.3, 0.4) is 0 Å². The van der Waals surface area contributed by atoms with E-state index < -0.39 is 57.1 Å². The summed E-state index contributed by atoms with van der Waals surface area (Å²) in [6.45, 7) is 11.5. The smallest absolute Gasteiger partial charge is 0.261 e. The molecule has 2 amide bonds. The Morgan fingerprint density at radius 1 is 0.982 bits per heavy atom. The van der Waals surface area contributed by atoms with E-state index in [1.807, 2.05) is 13.8 Å². The minimum Gasteiger partial charge on any atom is -0.341 e. The molecule has 0 spiro atoms. The third-order valence-corrected chi connectivity index (χ3v) is 12.4. The van der Waals surface area contributed by atoms with Gasteiger partial charge in [0.1, 0.15) is 11.1 Å². The first-order chi connectivity index (χ1) is 26.0. The van der Waals surface area contributed by atoms with Crippen molar-refractivity contribution >= 4 is 51.6 Å². The number of halogens is 6. The number of hydrogen-bond donors (Lipinski definition) is 2. The fraction of sp³-hybridized carbons (Fsp3) is 0.513. The lowest BCUT2D eigenvalue weighted by molar-refractivity contribution is -0.123. The minimum absolute atomic E-state index is 0.0207. The molecule has 292 valence electrons. The van der Waals surface area contributed by atoms with E-state index in [-0.39, 0.29) is 53.4 Å². The van der Waals surface area contributed by atoms with Crippen LogP contribution in [-0.2, 0) is 10.2 Å². The summed E-state index contributed by atoms with van der Waals surface area (Å²) >= 11 is 6.04. The predicted molar refractivity (Wildman–Crippen MR) is 199 cm³/mol. The van der Waals surface area contributed by atoms with E-state index in [1.54, 1.807) is 35.4 Å². The lowest BCUT2D eigenvalue weighted by Gasteiger charge is -2.55. The Hall–Kier alpha value is -4.37. The van der Waals surface area contributed by atoms with Gasteiger partial charge in [-0.25, -0.2) is 32.5 Å². The number of anilines is 3. The molecule has 0 bridgehead atoms. The van der Waals surface area contributed by atoms with Gasteiger partial charge in [-0.2, -0.15) is 4.39 Å². The van der Waals surface area contributed by atoms with Gasteiger partial charge >= 0.3 is 0 Å². The number of likely N-dealkylation sites (tertiary alicyclic amines) is 1. The highest BCUT2D eigenvalue weighted by molar-refractivity contribution is 6.34. The number of imidazole rings is 1. The highest BCUT2D eigenvalue weighted by Crippen LogP contribution is 2.50. The molecule has 16 heteroatoms. The van der Waals surface area contributed by atoms with Crippen molar-refractivity contribution < 1.29 is 31.5 Å². The maximum Gasteiger partial charge on any atom is 0.261 e. The average Bonchev–Trinajstić information content (AvgIpc) is 3.74. The van der Waals surface area contributed by atoms with E-state index in [4.69, 9.17) is 11.6 Å². The van der Waals surface area contributed by atoms with E-state index in [1.165, 1.54) is 12.7 Å². The van der Waals surface area contributed by atoms with Crippen LogP contribution in [0.1, 0.15) is 102 Å². The minimum atomic E-state index is -2.87. The fourth-order valence-electron chi connectivity index (χ4n) is 8.50. The van der Waals surface area contributed by atoms with Crippen LogP contribution >= 0.6 is 11.6 Å². The Kier molecular flexibility index (Phi) is 8.95. The first kappa shape index (κ1) is 37.5. The van der Waals surface area contributed by atoms with Crippen LogP contribution in [0.15, 0.2) is 24.5 Å². The number of alkyl halides is 2. The van der Waals surface area contributed by atoms with Gasteiger partial charge in [0.25, 0.3) is 12.3 Å². The zero-order valence-electron chi connectivity index (χ0n) is 31.2. The van der Waals surface area contributed by atoms with Gasteiger partial charge in [0.05, 0.1) is 56.2 Å². The second kappa shape index (κ2) is 13.1. The van der Waals surface area contributed by atoms with Gasteiger partial charge in [0.2, 0.25) is 11.9 Å². The van der Waals surface area contributed by atoms with Crippen molar-refractivity contribution in [3.05, 3.63) is 58.4 Å². The fourth-order valence-corrected chi connectivity index (χ4v) is 8.72. The number of nitrogens with one attached hydrogen (secondary N) is 2. The van der Waals surface area contributed by atoms with Crippen LogP contribution in [-0.4, -0.2) is 72.9 Å². The molecule has 0 unspecified atom stereocenters. The number of piperidine rings is 1. The molecule has 3 aromatic heterocycles. The summed E-state index contributed by atoms with van der Waals surface area (Å²) in [5.74, 6) is -5.24. The molecule has 2 N–H and O–H groups in total. The van der Waals surface area contributed by atoms with Crippen LogP contribution in [0.2, 0.25) is 5.02 Å². The van der Waals surface area contributed by atoms with Crippen LogP contribution in [0.4, 0.5) is 39.1 Å². The van der Waals surface area contributed by atoms with Gasteiger partial charge in [-0.1, -0.05) is 18.0 Å². The first-order valence-electron chi connectivity index (χ1n) is 18.7. The monoisotopic (exact) mass is 784 g/mol. The van der Waals surface area contributed by atoms with Gasteiger partial charge < -0.3 is 20.1 Å². The summed E-state index contributed by atoms with van der Waals surface area (Å²) in [6.07, 6.45) is 3.73. The zero-order valence-corrected chi connectivity index (χ0v) is 31.9. The van der Waals surface area contributed by atoms with E-state index in [2.05, 4.69) is 37.4 Å². The Bertz CT molecular complexity index is 2240.